The summed E-state index contributed by atoms with van der Waals surface area (Å²) >= 11 is 10.6. The average Bonchev–Trinajstić information content (AvgIpc) is 2.73. The Kier molecular flexibility index (Phi) is 3.45. The zero-order chi connectivity index (χ0) is 12.4. The molecule has 0 aliphatic carbocycles. The van der Waals surface area contributed by atoms with Gasteiger partial charge in [0.2, 0.25) is 0 Å². The minimum absolute atomic E-state index is 0.117. The van der Waals surface area contributed by atoms with Gasteiger partial charge in [-0.1, -0.05) is 36.0 Å². The monoisotopic (exact) mass is 268 g/mol. The number of hydrogen-bond acceptors (Lipinski definition) is 1. The van der Waals surface area contributed by atoms with Gasteiger partial charge in [0.1, 0.15) is 10.8 Å². The van der Waals surface area contributed by atoms with Crippen molar-refractivity contribution in [2.24, 2.45) is 5.73 Å². The molecule has 2 aromatic rings. The van der Waals surface area contributed by atoms with Crippen molar-refractivity contribution in [1.82, 2.24) is 4.57 Å². The van der Waals surface area contributed by atoms with Crippen molar-refractivity contribution in [2.45, 2.75) is 6.54 Å². The van der Waals surface area contributed by atoms with Gasteiger partial charge in [-0.25, -0.2) is 4.39 Å². The predicted octanol–water partition coefficient (Wildman–Crippen LogP) is 2.96. The van der Waals surface area contributed by atoms with Crippen LogP contribution in [0, 0.1) is 5.82 Å². The summed E-state index contributed by atoms with van der Waals surface area (Å²) in [6, 6.07) is 8.53. The first kappa shape index (κ1) is 12.1. The lowest BCUT2D eigenvalue weighted by atomic mass is 10.2. The van der Waals surface area contributed by atoms with Crippen molar-refractivity contribution in [3.8, 4) is 0 Å². The molecule has 88 valence electrons. The summed E-state index contributed by atoms with van der Waals surface area (Å²) < 4.78 is 15.5. The van der Waals surface area contributed by atoms with E-state index < -0.39 is 5.82 Å². The molecule has 0 unspecified atom stereocenters. The number of aromatic nitrogens is 1. The highest BCUT2D eigenvalue weighted by molar-refractivity contribution is 7.80. The minimum atomic E-state index is -0.406. The number of nitrogens with zero attached hydrogens (tertiary/aromatic N) is 1. The second kappa shape index (κ2) is 4.85. The third-order valence-electron chi connectivity index (χ3n) is 2.45. The molecule has 2 rings (SSSR count). The molecule has 0 amide bonds. The molecule has 2 nitrogen and oxygen atoms in total. The van der Waals surface area contributed by atoms with Crippen LogP contribution in [-0.4, -0.2) is 9.56 Å². The van der Waals surface area contributed by atoms with Crippen molar-refractivity contribution in [2.75, 3.05) is 0 Å². The van der Waals surface area contributed by atoms with E-state index in [1.807, 2.05) is 6.07 Å². The van der Waals surface area contributed by atoms with Gasteiger partial charge in [0.05, 0.1) is 17.3 Å². The Labute approximate surface area is 109 Å². The maximum Gasteiger partial charge on any atom is 0.146 e. The smallest absolute Gasteiger partial charge is 0.146 e. The minimum Gasteiger partial charge on any atom is -0.388 e. The second-order valence-corrected chi connectivity index (χ2v) is 4.45. The highest BCUT2D eigenvalue weighted by Crippen LogP contribution is 2.19. The molecule has 0 saturated heterocycles. The van der Waals surface area contributed by atoms with Crippen molar-refractivity contribution in [3.63, 3.8) is 0 Å². The van der Waals surface area contributed by atoms with Crippen LogP contribution in [0.3, 0.4) is 0 Å². The molecule has 0 fully saturated rings. The van der Waals surface area contributed by atoms with Gasteiger partial charge in [-0.2, -0.15) is 0 Å². The Morgan fingerprint density at radius 3 is 2.82 bits per heavy atom. The van der Waals surface area contributed by atoms with Crippen LogP contribution < -0.4 is 5.73 Å². The fraction of sp³-hybridized carbons (Fsp3) is 0.0833. The van der Waals surface area contributed by atoms with Crippen molar-refractivity contribution in [1.29, 1.82) is 0 Å². The van der Waals surface area contributed by atoms with E-state index in [1.165, 1.54) is 6.07 Å². The SMILES string of the molecule is NC(=S)c1cccn1Cc1cccc(Cl)c1F. The number of rotatable bonds is 3. The van der Waals surface area contributed by atoms with E-state index in [9.17, 15) is 4.39 Å². The Morgan fingerprint density at radius 1 is 1.35 bits per heavy atom. The van der Waals surface area contributed by atoms with E-state index in [-0.39, 0.29) is 10.0 Å². The molecule has 1 aromatic carbocycles. The highest BCUT2D eigenvalue weighted by Gasteiger charge is 2.09. The van der Waals surface area contributed by atoms with Crippen LogP contribution in [0.25, 0.3) is 0 Å². The Bertz CT molecular complexity index is 565. The molecule has 0 bridgehead atoms. The molecular formula is C12H10ClFN2S. The molecule has 0 spiro atoms. The zero-order valence-electron chi connectivity index (χ0n) is 8.86. The fourth-order valence-electron chi connectivity index (χ4n) is 1.63. The number of nitrogens with two attached hydrogens (primary N) is 1. The van der Waals surface area contributed by atoms with Gasteiger partial charge in [0.25, 0.3) is 0 Å². The van der Waals surface area contributed by atoms with Gasteiger partial charge in [-0.3, -0.25) is 0 Å². The number of halogens is 2. The Balaban J connectivity index is 2.35. The quantitative estimate of drug-likeness (QED) is 0.868. The van der Waals surface area contributed by atoms with Gasteiger partial charge in [0, 0.05) is 11.8 Å². The maximum absolute atomic E-state index is 13.7. The fourth-order valence-corrected chi connectivity index (χ4v) is 2.01. The van der Waals surface area contributed by atoms with Crippen molar-refractivity contribution >= 4 is 28.8 Å². The standard InChI is InChI=1S/C12H10ClFN2S/c13-9-4-1-3-8(11(9)14)7-16-6-2-5-10(16)12(15)17/h1-6H,7H2,(H2,15,17). The summed E-state index contributed by atoms with van der Waals surface area (Å²) in [6.45, 7) is 0.353. The molecule has 1 heterocycles. The molecular weight excluding hydrogens is 259 g/mol. The van der Waals surface area contributed by atoms with E-state index in [4.69, 9.17) is 29.6 Å². The second-order valence-electron chi connectivity index (χ2n) is 3.60. The molecule has 1 aromatic heterocycles. The van der Waals surface area contributed by atoms with Crippen LogP contribution in [0.4, 0.5) is 4.39 Å². The molecule has 2 N–H and O–H groups in total. The lowest BCUT2D eigenvalue weighted by Crippen LogP contribution is -2.16. The third kappa shape index (κ3) is 2.48. The summed E-state index contributed by atoms with van der Waals surface area (Å²) in [5.41, 5.74) is 6.78. The molecule has 17 heavy (non-hydrogen) atoms. The van der Waals surface area contributed by atoms with Crippen LogP contribution >= 0.6 is 23.8 Å². The van der Waals surface area contributed by atoms with Gasteiger partial charge in [-0.05, 0) is 18.2 Å². The van der Waals surface area contributed by atoms with E-state index >= 15 is 0 Å². The van der Waals surface area contributed by atoms with Crippen molar-refractivity contribution in [3.05, 3.63) is 58.6 Å². The first-order valence-corrected chi connectivity index (χ1v) is 5.76. The Morgan fingerprint density at radius 2 is 2.12 bits per heavy atom. The molecule has 0 aliphatic heterocycles. The summed E-state index contributed by atoms with van der Waals surface area (Å²) in [4.78, 5) is 0.289. The number of thiocarbonyl (C=S) groups is 1. The maximum atomic E-state index is 13.7. The van der Waals surface area contributed by atoms with E-state index in [2.05, 4.69) is 0 Å². The summed E-state index contributed by atoms with van der Waals surface area (Å²) in [6.07, 6.45) is 1.80. The van der Waals surface area contributed by atoms with E-state index in [0.717, 1.165) is 0 Å². The van der Waals surface area contributed by atoms with Crippen LogP contribution in [0.5, 0.6) is 0 Å². The van der Waals surface area contributed by atoms with Crippen LogP contribution in [0.2, 0.25) is 5.02 Å². The zero-order valence-corrected chi connectivity index (χ0v) is 10.4. The number of benzene rings is 1. The molecule has 0 saturated carbocycles. The van der Waals surface area contributed by atoms with Crippen LogP contribution in [0.1, 0.15) is 11.3 Å². The summed E-state index contributed by atoms with van der Waals surface area (Å²) in [5.74, 6) is -0.406. The Hall–Kier alpha value is -1.39. The summed E-state index contributed by atoms with van der Waals surface area (Å²) in [5, 5.41) is 0.117. The third-order valence-corrected chi connectivity index (χ3v) is 2.96. The lowest BCUT2D eigenvalue weighted by molar-refractivity contribution is 0.600. The summed E-state index contributed by atoms with van der Waals surface area (Å²) in [7, 11) is 0. The first-order valence-electron chi connectivity index (χ1n) is 4.97. The molecule has 5 heteroatoms. The average molecular weight is 269 g/mol. The number of hydrogen-bond donors (Lipinski definition) is 1. The van der Waals surface area contributed by atoms with Crippen LogP contribution in [0.15, 0.2) is 36.5 Å². The largest absolute Gasteiger partial charge is 0.388 e. The highest BCUT2D eigenvalue weighted by atomic mass is 35.5. The van der Waals surface area contributed by atoms with Gasteiger partial charge >= 0.3 is 0 Å². The first-order chi connectivity index (χ1) is 8.09. The van der Waals surface area contributed by atoms with E-state index in [1.54, 1.807) is 29.0 Å². The van der Waals surface area contributed by atoms with Gasteiger partial charge < -0.3 is 10.3 Å². The van der Waals surface area contributed by atoms with Crippen LogP contribution in [-0.2, 0) is 6.54 Å². The topological polar surface area (TPSA) is 30.9 Å². The van der Waals surface area contributed by atoms with Crippen molar-refractivity contribution < 1.29 is 4.39 Å². The lowest BCUT2D eigenvalue weighted by Gasteiger charge is -2.09. The molecule has 0 aliphatic rings. The normalized spacial score (nSPS) is 10.5. The van der Waals surface area contributed by atoms with E-state index in [0.29, 0.717) is 17.8 Å². The van der Waals surface area contributed by atoms with Gasteiger partial charge in [0.15, 0.2) is 0 Å². The molecule has 0 atom stereocenters. The van der Waals surface area contributed by atoms with Gasteiger partial charge in [-0.15, -0.1) is 0 Å². The predicted molar refractivity (Wildman–Crippen MR) is 70.8 cm³/mol. The molecule has 0 radical (unpaired) electrons.